The van der Waals surface area contributed by atoms with Crippen LogP contribution < -0.4 is 5.32 Å². The zero-order chi connectivity index (χ0) is 12.8. The van der Waals surface area contributed by atoms with E-state index in [9.17, 15) is 4.79 Å². The molecular weight excluding hydrogens is 262 g/mol. The van der Waals surface area contributed by atoms with Crippen LogP contribution in [0.25, 0.3) is 0 Å². The normalized spacial score (nSPS) is 16.4. The van der Waals surface area contributed by atoms with E-state index in [2.05, 4.69) is 17.3 Å². The molecule has 2 rings (SSSR count). The number of hydrogen-bond donors (Lipinski definition) is 1. The maximum atomic E-state index is 12.1. The van der Waals surface area contributed by atoms with Crippen LogP contribution >= 0.6 is 12.4 Å². The Balaban J connectivity index is 0.00000180. The van der Waals surface area contributed by atoms with Crippen molar-refractivity contribution in [1.29, 1.82) is 0 Å². The summed E-state index contributed by atoms with van der Waals surface area (Å²) in [5, 5.41) is 3.17. The number of carbonyl (C=O) groups is 1. The van der Waals surface area contributed by atoms with Crippen molar-refractivity contribution in [1.82, 2.24) is 9.80 Å². The summed E-state index contributed by atoms with van der Waals surface area (Å²) in [5.41, 5.74) is 0.998. The highest BCUT2D eigenvalue weighted by Gasteiger charge is 2.16. The number of nitrogens with one attached hydrogen (secondary N) is 1. The molecule has 0 spiro atoms. The zero-order valence-electron chi connectivity index (χ0n) is 11.3. The van der Waals surface area contributed by atoms with Crippen molar-refractivity contribution < 1.29 is 4.79 Å². The van der Waals surface area contributed by atoms with Gasteiger partial charge < -0.3 is 15.1 Å². The molecule has 0 bridgehead atoms. The SMILES string of the molecule is CN1CCCN(C(=O)CNc2ccccc2)CC1.Cl. The summed E-state index contributed by atoms with van der Waals surface area (Å²) < 4.78 is 0. The Morgan fingerprint density at radius 3 is 2.63 bits per heavy atom. The van der Waals surface area contributed by atoms with Gasteiger partial charge in [-0.2, -0.15) is 0 Å². The summed E-state index contributed by atoms with van der Waals surface area (Å²) in [5.74, 6) is 0.189. The first-order valence-electron chi connectivity index (χ1n) is 6.51. The van der Waals surface area contributed by atoms with Gasteiger partial charge in [0.2, 0.25) is 5.91 Å². The molecule has 0 radical (unpaired) electrons. The number of anilines is 1. The van der Waals surface area contributed by atoms with E-state index in [0.29, 0.717) is 6.54 Å². The molecule has 1 aromatic rings. The van der Waals surface area contributed by atoms with Gasteiger partial charge in [0, 0.05) is 25.3 Å². The third-order valence-corrected chi connectivity index (χ3v) is 3.29. The van der Waals surface area contributed by atoms with Gasteiger partial charge in [0.25, 0.3) is 0 Å². The monoisotopic (exact) mass is 283 g/mol. The zero-order valence-corrected chi connectivity index (χ0v) is 12.2. The van der Waals surface area contributed by atoms with Gasteiger partial charge >= 0.3 is 0 Å². The van der Waals surface area contributed by atoms with Gasteiger partial charge in [-0.3, -0.25) is 4.79 Å². The lowest BCUT2D eigenvalue weighted by Crippen LogP contribution is -2.38. The van der Waals surface area contributed by atoms with E-state index in [0.717, 1.165) is 38.3 Å². The summed E-state index contributed by atoms with van der Waals surface area (Å²) in [4.78, 5) is 16.3. The minimum atomic E-state index is 0. The summed E-state index contributed by atoms with van der Waals surface area (Å²) in [6.07, 6.45) is 1.06. The van der Waals surface area contributed by atoms with Gasteiger partial charge in [0.05, 0.1) is 6.54 Å². The van der Waals surface area contributed by atoms with Crippen LogP contribution in [0.3, 0.4) is 0 Å². The minimum absolute atomic E-state index is 0. The molecule has 5 heteroatoms. The number of rotatable bonds is 3. The molecule has 1 N–H and O–H groups in total. The summed E-state index contributed by atoms with van der Waals surface area (Å²) >= 11 is 0. The fourth-order valence-electron chi connectivity index (χ4n) is 2.14. The molecule has 1 aliphatic heterocycles. The maximum absolute atomic E-state index is 12.1. The molecule has 106 valence electrons. The van der Waals surface area contributed by atoms with Crippen LogP contribution in [0.4, 0.5) is 5.69 Å². The lowest BCUT2D eigenvalue weighted by atomic mass is 10.3. The smallest absolute Gasteiger partial charge is 0.241 e. The van der Waals surface area contributed by atoms with Gasteiger partial charge in [0.1, 0.15) is 0 Å². The van der Waals surface area contributed by atoms with Gasteiger partial charge in [-0.1, -0.05) is 18.2 Å². The predicted octanol–water partition coefficient (Wildman–Crippen LogP) is 1.68. The first-order chi connectivity index (χ1) is 8.75. The number of para-hydroxylation sites is 1. The predicted molar refractivity (Wildman–Crippen MR) is 80.9 cm³/mol. The van der Waals surface area contributed by atoms with E-state index in [1.807, 2.05) is 35.2 Å². The van der Waals surface area contributed by atoms with Crippen molar-refractivity contribution in [3.8, 4) is 0 Å². The highest BCUT2D eigenvalue weighted by Crippen LogP contribution is 2.06. The number of halogens is 1. The maximum Gasteiger partial charge on any atom is 0.241 e. The van der Waals surface area contributed by atoms with Gasteiger partial charge in [-0.05, 0) is 32.1 Å². The van der Waals surface area contributed by atoms with Crippen molar-refractivity contribution in [3.05, 3.63) is 30.3 Å². The van der Waals surface area contributed by atoms with Crippen molar-refractivity contribution >= 4 is 24.0 Å². The van der Waals surface area contributed by atoms with Crippen molar-refractivity contribution in [2.75, 3.05) is 45.1 Å². The summed E-state index contributed by atoms with van der Waals surface area (Å²) in [6, 6.07) is 9.85. The number of nitrogens with zero attached hydrogens (tertiary/aromatic N) is 2. The van der Waals surface area contributed by atoms with Gasteiger partial charge in [-0.15, -0.1) is 12.4 Å². The Morgan fingerprint density at radius 2 is 1.89 bits per heavy atom. The molecule has 0 aromatic heterocycles. The highest BCUT2D eigenvalue weighted by atomic mass is 35.5. The Bertz CT molecular complexity index is 386. The van der Waals surface area contributed by atoms with Gasteiger partial charge in [0.15, 0.2) is 0 Å². The van der Waals surface area contributed by atoms with E-state index in [1.54, 1.807) is 0 Å². The third kappa shape index (κ3) is 5.09. The van der Waals surface area contributed by atoms with Crippen molar-refractivity contribution in [3.63, 3.8) is 0 Å². The molecule has 19 heavy (non-hydrogen) atoms. The molecule has 1 aliphatic rings. The third-order valence-electron chi connectivity index (χ3n) is 3.29. The molecule has 0 saturated carbocycles. The molecular formula is C14H22ClN3O. The molecule has 0 aliphatic carbocycles. The standard InChI is InChI=1S/C14H21N3O.ClH/c1-16-8-5-9-17(11-10-16)14(18)12-15-13-6-3-2-4-7-13;/h2-4,6-7,15H,5,8-12H2,1H3;1H. The average Bonchev–Trinajstić information content (AvgIpc) is 2.62. The lowest BCUT2D eigenvalue weighted by Gasteiger charge is -2.21. The van der Waals surface area contributed by atoms with Crippen LogP contribution in [0.5, 0.6) is 0 Å². The van der Waals surface area contributed by atoms with Crippen LogP contribution in [0.15, 0.2) is 30.3 Å². The van der Waals surface area contributed by atoms with E-state index in [1.165, 1.54) is 0 Å². The highest BCUT2D eigenvalue weighted by molar-refractivity contribution is 5.85. The van der Waals surface area contributed by atoms with Crippen molar-refractivity contribution in [2.24, 2.45) is 0 Å². The second kappa shape index (κ2) is 8.02. The van der Waals surface area contributed by atoms with Crippen LogP contribution in [0, 0.1) is 0 Å². The average molecular weight is 284 g/mol. The second-order valence-electron chi connectivity index (χ2n) is 4.76. The van der Waals surface area contributed by atoms with Crippen LogP contribution in [-0.4, -0.2) is 55.5 Å². The van der Waals surface area contributed by atoms with E-state index >= 15 is 0 Å². The Hall–Kier alpha value is -1.26. The molecule has 4 nitrogen and oxygen atoms in total. The van der Waals surface area contributed by atoms with Crippen molar-refractivity contribution in [2.45, 2.75) is 6.42 Å². The molecule has 1 aromatic carbocycles. The number of carbonyl (C=O) groups excluding carboxylic acids is 1. The number of amides is 1. The Kier molecular flexibility index (Phi) is 6.67. The number of benzene rings is 1. The Labute approximate surface area is 121 Å². The summed E-state index contributed by atoms with van der Waals surface area (Å²) in [7, 11) is 2.11. The first-order valence-corrected chi connectivity index (χ1v) is 6.51. The van der Waals surface area contributed by atoms with Crippen LogP contribution in [0.2, 0.25) is 0 Å². The number of hydrogen-bond acceptors (Lipinski definition) is 3. The molecule has 1 saturated heterocycles. The van der Waals surface area contributed by atoms with E-state index < -0.39 is 0 Å². The molecule has 0 atom stereocenters. The van der Waals surface area contributed by atoms with Gasteiger partial charge in [-0.25, -0.2) is 0 Å². The first kappa shape index (κ1) is 15.8. The van der Waals surface area contributed by atoms with Crippen LogP contribution in [0.1, 0.15) is 6.42 Å². The molecule has 1 heterocycles. The quantitative estimate of drug-likeness (QED) is 0.917. The number of likely N-dealkylation sites (N-methyl/N-ethyl adjacent to an activating group) is 1. The fourth-order valence-corrected chi connectivity index (χ4v) is 2.14. The molecule has 0 unspecified atom stereocenters. The van der Waals surface area contributed by atoms with E-state index in [4.69, 9.17) is 0 Å². The Morgan fingerprint density at radius 1 is 1.16 bits per heavy atom. The lowest BCUT2D eigenvalue weighted by molar-refractivity contribution is -0.129. The fraction of sp³-hybridized carbons (Fsp3) is 0.500. The summed E-state index contributed by atoms with van der Waals surface area (Å²) in [6.45, 7) is 4.14. The van der Waals surface area contributed by atoms with Crippen LogP contribution in [-0.2, 0) is 4.79 Å². The molecule has 1 fully saturated rings. The molecule has 1 amide bonds. The van der Waals surface area contributed by atoms with E-state index in [-0.39, 0.29) is 18.3 Å². The second-order valence-corrected chi connectivity index (χ2v) is 4.76. The minimum Gasteiger partial charge on any atom is -0.376 e. The largest absolute Gasteiger partial charge is 0.376 e. The topological polar surface area (TPSA) is 35.6 Å².